The number of rotatable bonds is 3. The zero-order valence-corrected chi connectivity index (χ0v) is 13.3. The Morgan fingerprint density at radius 1 is 1.33 bits per heavy atom. The largest absolute Gasteiger partial charge is 0.298 e. The maximum atomic E-state index is 11.8. The fourth-order valence-electron chi connectivity index (χ4n) is 2.70. The molecule has 0 aromatic rings. The molecule has 0 amide bonds. The molecule has 0 heterocycles. The minimum absolute atomic E-state index is 0.147. The molecule has 0 bridgehead atoms. The van der Waals surface area contributed by atoms with Crippen LogP contribution in [-0.4, -0.2) is 10.2 Å². The lowest BCUT2D eigenvalue weighted by Crippen LogP contribution is -2.12. The molecule has 2 aliphatic carbocycles. The summed E-state index contributed by atoms with van der Waals surface area (Å²) >= 11 is 8.53. The lowest BCUT2D eigenvalue weighted by molar-refractivity contribution is -0.117. The van der Waals surface area contributed by atoms with Crippen molar-refractivity contribution in [1.29, 1.82) is 0 Å². The van der Waals surface area contributed by atoms with Crippen molar-refractivity contribution in [3.05, 3.63) is 34.9 Å². The molecule has 0 spiro atoms. The van der Waals surface area contributed by atoms with Crippen LogP contribution in [-0.2, 0) is 4.79 Å². The van der Waals surface area contributed by atoms with Gasteiger partial charge in [0.25, 0.3) is 0 Å². The standard InChI is InChI=1S/C15H18ClIO/c16-14-9-12(15(18)10-17)7-4-8-13(14)11-5-2-1-3-6-11/h4,7-9,11-12H,1-3,5-6,10H2. The molecule has 3 heteroatoms. The van der Waals surface area contributed by atoms with Gasteiger partial charge in [-0.25, -0.2) is 0 Å². The van der Waals surface area contributed by atoms with Crippen LogP contribution in [0.1, 0.15) is 32.1 Å². The fraction of sp³-hybridized carbons (Fsp3) is 0.533. The molecule has 1 fully saturated rings. The molecule has 2 rings (SSSR count). The Bertz CT molecular complexity index is 403. The third-order valence-corrected chi connectivity index (χ3v) is 4.84. The number of ketones is 1. The molecule has 1 nitrogen and oxygen atoms in total. The van der Waals surface area contributed by atoms with E-state index in [0.717, 1.165) is 5.03 Å². The molecule has 1 atom stereocenters. The van der Waals surface area contributed by atoms with Crippen LogP contribution in [0.3, 0.4) is 0 Å². The predicted octanol–water partition coefficient (Wildman–Crippen LogP) is 4.81. The van der Waals surface area contributed by atoms with Gasteiger partial charge in [-0.05, 0) is 24.3 Å². The molecule has 0 aromatic heterocycles. The van der Waals surface area contributed by atoms with E-state index in [1.54, 1.807) is 0 Å². The molecule has 98 valence electrons. The molecule has 1 unspecified atom stereocenters. The van der Waals surface area contributed by atoms with Crippen LogP contribution in [0.2, 0.25) is 0 Å². The van der Waals surface area contributed by atoms with E-state index in [1.165, 1.54) is 37.7 Å². The molecule has 18 heavy (non-hydrogen) atoms. The molecule has 2 aliphatic rings. The molecule has 0 radical (unpaired) electrons. The van der Waals surface area contributed by atoms with E-state index in [9.17, 15) is 4.79 Å². The average molecular weight is 377 g/mol. The summed E-state index contributed by atoms with van der Waals surface area (Å²) < 4.78 is 0.534. The van der Waals surface area contributed by atoms with E-state index in [1.807, 2.05) is 18.2 Å². The van der Waals surface area contributed by atoms with Crippen LogP contribution < -0.4 is 0 Å². The van der Waals surface area contributed by atoms with Crippen molar-refractivity contribution in [2.45, 2.75) is 32.1 Å². The van der Waals surface area contributed by atoms with Gasteiger partial charge in [0.05, 0.1) is 10.3 Å². The first-order valence-corrected chi connectivity index (χ1v) is 8.47. The average Bonchev–Trinajstić information content (AvgIpc) is 2.60. The Hall–Kier alpha value is -0.0900. The van der Waals surface area contributed by atoms with Gasteiger partial charge in [0, 0.05) is 5.03 Å². The van der Waals surface area contributed by atoms with Crippen LogP contribution in [0.25, 0.3) is 0 Å². The molecule has 0 N–H and O–H groups in total. The monoisotopic (exact) mass is 376 g/mol. The second kappa shape index (κ2) is 6.90. The first kappa shape index (κ1) is 14.3. The molecule has 0 saturated heterocycles. The Morgan fingerprint density at radius 2 is 2.06 bits per heavy atom. The van der Waals surface area contributed by atoms with Crippen molar-refractivity contribution in [3.63, 3.8) is 0 Å². The highest BCUT2D eigenvalue weighted by atomic mass is 127. The minimum atomic E-state index is -0.147. The number of alkyl halides is 1. The Kier molecular flexibility index (Phi) is 5.49. The second-order valence-corrected chi connectivity index (χ2v) is 6.15. The van der Waals surface area contributed by atoms with Crippen LogP contribution in [0.4, 0.5) is 0 Å². The van der Waals surface area contributed by atoms with E-state index in [4.69, 9.17) is 11.6 Å². The van der Waals surface area contributed by atoms with Gasteiger partial charge in [0.1, 0.15) is 0 Å². The minimum Gasteiger partial charge on any atom is -0.298 e. The van der Waals surface area contributed by atoms with E-state index in [-0.39, 0.29) is 11.7 Å². The van der Waals surface area contributed by atoms with Gasteiger partial charge in [-0.3, -0.25) is 4.79 Å². The Morgan fingerprint density at radius 3 is 2.72 bits per heavy atom. The SMILES string of the molecule is O=C(CI)C1C=CC=C(C2CCCCC2)C(Cl)=C1. The maximum absolute atomic E-state index is 11.8. The van der Waals surface area contributed by atoms with Crippen LogP contribution in [0, 0.1) is 11.8 Å². The van der Waals surface area contributed by atoms with Gasteiger partial charge in [-0.2, -0.15) is 0 Å². The normalized spacial score (nSPS) is 25.3. The van der Waals surface area contributed by atoms with Crippen molar-refractivity contribution < 1.29 is 4.79 Å². The van der Waals surface area contributed by atoms with E-state index in [2.05, 4.69) is 28.7 Å². The van der Waals surface area contributed by atoms with E-state index >= 15 is 0 Å². The molecular formula is C15H18ClIO. The molecular weight excluding hydrogens is 359 g/mol. The number of allylic oxidation sites excluding steroid dienone is 6. The summed E-state index contributed by atoms with van der Waals surface area (Å²) in [6.45, 7) is 0. The summed E-state index contributed by atoms with van der Waals surface area (Å²) in [5.41, 5.74) is 1.23. The third-order valence-electron chi connectivity index (χ3n) is 3.74. The number of carbonyl (C=O) groups is 1. The van der Waals surface area contributed by atoms with Crippen molar-refractivity contribution in [2.75, 3.05) is 4.43 Å². The highest BCUT2D eigenvalue weighted by Crippen LogP contribution is 2.36. The lowest BCUT2D eigenvalue weighted by atomic mass is 9.83. The van der Waals surface area contributed by atoms with Crippen molar-refractivity contribution >= 4 is 40.0 Å². The van der Waals surface area contributed by atoms with Gasteiger partial charge < -0.3 is 0 Å². The van der Waals surface area contributed by atoms with Gasteiger partial charge in [0.15, 0.2) is 5.78 Å². The lowest BCUT2D eigenvalue weighted by Gasteiger charge is -2.24. The smallest absolute Gasteiger partial charge is 0.153 e. The molecule has 1 saturated carbocycles. The number of hydrogen-bond acceptors (Lipinski definition) is 1. The van der Waals surface area contributed by atoms with Crippen LogP contribution in [0.15, 0.2) is 34.9 Å². The van der Waals surface area contributed by atoms with Crippen LogP contribution >= 0.6 is 34.2 Å². The second-order valence-electron chi connectivity index (χ2n) is 4.98. The Balaban J connectivity index is 2.15. The summed E-state index contributed by atoms with van der Waals surface area (Å²) in [7, 11) is 0. The summed E-state index contributed by atoms with van der Waals surface area (Å²) in [4.78, 5) is 11.8. The molecule has 0 aromatic carbocycles. The first-order chi connectivity index (χ1) is 8.72. The highest BCUT2D eigenvalue weighted by Gasteiger charge is 2.22. The number of halogens is 2. The summed E-state index contributed by atoms with van der Waals surface area (Å²) in [5, 5.41) is 0.787. The maximum Gasteiger partial charge on any atom is 0.153 e. The quantitative estimate of drug-likeness (QED) is 0.510. The zero-order valence-electron chi connectivity index (χ0n) is 10.4. The first-order valence-electron chi connectivity index (χ1n) is 6.57. The summed E-state index contributed by atoms with van der Waals surface area (Å²) in [6.07, 6.45) is 14.4. The Labute approximate surface area is 127 Å². The van der Waals surface area contributed by atoms with Gasteiger partial charge in [0.2, 0.25) is 0 Å². The highest BCUT2D eigenvalue weighted by molar-refractivity contribution is 14.1. The summed E-state index contributed by atoms with van der Waals surface area (Å²) in [6, 6.07) is 0. The predicted molar refractivity (Wildman–Crippen MR) is 85.1 cm³/mol. The van der Waals surface area contributed by atoms with Crippen molar-refractivity contribution in [2.24, 2.45) is 11.8 Å². The van der Waals surface area contributed by atoms with Crippen LogP contribution in [0.5, 0.6) is 0 Å². The van der Waals surface area contributed by atoms with E-state index < -0.39 is 0 Å². The fourth-order valence-corrected chi connectivity index (χ4v) is 3.56. The summed E-state index contributed by atoms with van der Waals surface area (Å²) in [5.74, 6) is 0.663. The topological polar surface area (TPSA) is 17.1 Å². The number of hydrogen-bond donors (Lipinski definition) is 0. The van der Waals surface area contributed by atoms with Gasteiger partial charge in [-0.1, -0.05) is 77.8 Å². The van der Waals surface area contributed by atoms with E-state index in [0.29, 0.717) is 10.3 Å². The number of Topliss-reactive ketones (excluding diaryl/α,β-unsaturated/α-hetero) is 1. The number of carbonyl (C=O) groups excluding carboxylic acids is 1. The van der Waals surface area contributed by atoms with Gasteiger partial charge in [-0.15, -0.1) is 0 Å². The van der Waals surface area contributed by atoms with Crippen molar-refractivity contribution in [3.8, 4) is 0 Å². The van der Waals surface area contributed by atoms with Crippen molar-refractivity contribution in [1.82, 2.24) is 0 Å². The molecule has 0 aliphatic heterocycles. The van der Waals surface area contributed by atoms with Gasteiger partial charge >= 0.3 is 0 Å². The third kappa shape index (κ3) is 3.47. The zero-order chi connectivity index (χ0) is 13.0.